The Morgan fingerprint density at radius 3 is 3.13 bits per heavy atom. The molecule has 1 saturated heterocycles. The third-order valence-corrected chi connectivity index (χ3v) is 2.84. The van der Waals surface area contributed by atoms with Gasteiger partial charge in [0.05, 0.1) is 18.8 Å². The summed E-state index contributed by atoms with van der Waals surface area (Å²) in [5, 5.41) is 4.29. The third kappa shape index (κ3) is 2.79. The summed E-state index contributed by atoms with van der Waals surface area (Å²) in [6.45, 7) is 3.72. The summed E-state index contributed by atoms with van der Waals surface area (Å²) in [7, 11) is 0. The van der Waals surface area contributed by atoms with Crippen molar-refractivity contribution >= 4 is 0 Å². The van der Waals surface area contributed by atoms with E-state index in [-0.39, 0.29) is 6.04 Å². The first-order valence-electron chi connectivity index (χ1n) is 5.65. The molecule has 0 spiro atoms. The van der Waals surface area contributed by atoms with E-state index < -0.39 is 0 Å². The smallest absolute Gasteiger partial charge is 0.0770 e. The summed E-state index contributed by atoms with van der Waals surface area (Å²) in [5.74, 6) is 0. The molecule has 0 aliphatic carbocycles. The van der Waals surface area contributed by atoms with Crippen LogP contribution in [0.4, 0.5) is 0 Å². The normalized spacial score (nSPS) is 24.0. The Bertz CT molecular complexity index is 303. The highest BCUT2D eigenvalue weighted by molar-refractivity contribution is 5.08. The molecule has 1 aromatic rings. The molecule has 4 heteroatoms. The number of nitrogens with two attached hydrogens (primary N) is 1. The van der Waals surface area contributed by atoms with Crippen LogP contribution in [0.15, 0.2) is 12.4 Å². The van der Waals surface area contributed by atoms with Crippen LogP contribution in [0.3, 0.4) is 0 Å². The van der Waals surface area contributed by atoms with Crippen molar-refractivity contribution < 1.29 is 4.74 Å². The van der Waals surface area contributed by atoms with E-state index in [9.17, 15) is 0 Å². The van der Waals surface area contributed by atoms with Crippen molar-refractivity contribution in [2.24, 2.45) is 5.73 Å². The molecule has 0 amide bonds. The summed E-state index contributed by atoms with van der Waals surface area (Å²) in [6, 6.07) is 0.0611. The number of hydrogen-bond acceptors (Lipinski definition) is 3. The molecule has 4 nitrogen and oxygen atoms in total. The zero-order valence-electron chi connectivity index (χ0n) is 9.22. The highest BCUT2D eigenvalue weighted by Crippen LogP contribution is 2.15. The molecule has 0 aromatic carbocycles. The molecule has 2 atom stereocenters. The Labute approximate surface area is 90.4 Å². The largest absolute Gasteiger partial charge is 0.376 e. The molecule has 1 aliphatic rings. The molecular formula is C11H19N3O. The number of aromatic nitrogens is 2. The first-order valence-corrected chi connectivity index (χ1v) is 5.65. The summed E-state index contributed by atoms with van der Waals surface area (Å²) < 4.78 is 7.60. The SMILES string of the molecule is C[C@H](N)c1cnn(C[C@@H]2CCCCO2)c1. The van der Waals surface area contributed by atoms with Crippen LogP contribution in [0.5, 0.6) is 0 Å². The predicted octanol–water partition coefficient (Wildman–Crippen LogP) is 1.47. The maximum absolute atomic E-state index is 5.78. The summed E-state index contributed by atoms with van der Waals surface area (Å²) in [4.78, 5) is 0. The van der Waals surface area contributed by atoms with Crippen molar-refractivity contribution in [1.82, 2.24) is 9.78 Å². The summed E-state index contributed by atoms with van der Waals surface area (Å²) >= 11 is 0. The lowest BCUT2D eigenvalue weighted by Gasteiger charge is -2.22. The fraction of sp³-hybridized carbons (Fsp3) is 0.727. The van der Waals surface area contributed by atoms with Crippen LogP contribution in [-0.2, 0) is 11.3 Å². The van der Waals surface area contributed by atoms with E-state index in [0.29, 0.717) is 6.10 Å². The zero-order chi connectivity index (χ0) is 10.7. The van der Waals surface area contributed by atoms with Gasteiger partial charge in [-0.3, -0.25) is 4.68 Å². The lowest BCUT2D eigenvalue weighted by atomic mass is 10.1. The van der Waals surface area contributed by atoms with Crippen molar-refractivity contribution in [3.8, 4) is 0 Å². The van der Waals surface area contributed by atoms with E-state index in [4.69, 9.17) is 10.5 Å². The average Bonchev–Trinajstić information content (AvgIpc) is 2.68. The van der Waals surface area contributed by atoms with E-state index in [1.807, 2.05) is 24.0 Å². The second kappa shape index (κ2) is 4.77. The van der Waals surface area contributed by atoms with Gasteiger partial charge in [-0.2, -0.15) is 5.10 Å². The third-order valence-electron chi connectivity index (χ3n) is 2.84. The van der Waals surface area contributed by atoms with Crippen LogP contribution in [0, 0.1) is 0 Å². The molecule has 0 radical (unpaired) electrons. The van der Waals surface area contributed by atoms with Gasteiger partial charge in [0.15, 0.2) is 0 Å². The van der Waals surface area contributed by atoms with Gasteiger partial charge in [0, 0.05) is 24.4 Å². The van der Waals surface area contributed by atoms with Gasteiger partial charge in [0.25, 0.3) is 0 Å². The van der Waals surface area contributed by atoms with Gasteiger partial charge in [0.2, 0.25) is 0 Å². The maximum Gasteiger partial charge on any atom is 0.0770 e. The Hall–Kier alpha value is -0.870. The minimum Gasteiger partial charge on any atom is -0.376 e. The fourth-order valence-corrected chi connectivity index (χ4v) is 1.87. The first kappa shape index (κ1) is 10.6. The van der Waals surface area contributed by atoms with E-state index in [1.165, 1.54) is 12.8 Å². The van der Waals surface area contributed by atoms with Gasteiger partial charge < -0.3 is 10.5 Å². The minimum absolute atomic E-state index is 0.0611. The zero-order valence-corrected chi connectivity index (χ0v) is 9.22. The number of rotatable bonds is 3. The standard InChI is InChI=1S/C11H19N3O/c1-9(12)10-6-13-14(7-10)8-11-4-2-3-5-15-11/h6-7,9,11H,2-5,8,12H2,1H3/t9-,11-/m0/s1. The lowest BCUT2D eigenvalue weighted by molar-refractivity contribution is 0.00398. The minimum atomic E-state index is 0.0611. The molecule has 0 saturated carbocycles. The van der Waals surface area contributed by atoms with E-state index in [1.54, 1.807) is 0 Å². The molecule has 0 unspecified atom stereocenters. The van der Waals surface area contributed by atoms with E-state index in [0.717, 1.165) is 25.1 Å². The van der Waals surface area contributed by atoms with Crippen LogP contribution < -0.4 is 5.73 Å². The molecule has 1 aromatic heterocycles. The monoisotopic (exact) mass is 209 g/mol. The molecule has 2 rings (SSSR count). The topological polar surface area (TPSA) is 53.1 Å². The second-order valence-corrected chi connectivity index (χ2v) is 4.27. The molecule has 84 valence electrons. The fourth-order valence-electron chi connectivity index (χ4n) is 1.87. The Morgan fingerprint density at radius 1 is 1.67 bits per heavy atom. The van der Waals surface area contributed by atoms with Crippen molar-refractivity contribution in [3.63, 3.8) is 0 Å². The van der Waals surface area contributed by atoms with Gasteiger partial charge in [0.1, 0.15) is 0 Å². The Kier molecular flexibility index (Phi) is 3.38. The molecule has 2 heterocycles. The van der Waals surface area contributed by atoms with E-state index >= 15 is 0 Å². The Balaban J connectivity index is 1.91. The molecule has 1 aliphatic heterocycles. The molecule has 1 fully saturated rings. The van der Waals surface area contributed by atoms with Gasteiger partial charge >= 0.3 is 0 Å². The van der Waals surface area contributed by atoms with Gasteiger partial charge in [-0.05, 0) is 26.2 Å². The van der Waals surface area contributed by atoms with Crippen molar-refractivity contribution in [2.75, 3.05) is 6.61 Å². The Morgan fingerprint density at radius 2 is 2.53 bits per heavy atom. The lowest BCUT2D eigenvalue weighted by Crippen LogP contribution is -2.24. The number of hydrogen-bond donors (Lipinski definition) is 1. The predicted molar refractivity (Wildman–Crippen MR) is 58.4 cm³/mol. The van der Waals surface area contributed by atoms with Crippen LogP contribution in [0.2, 0.25) is 0 Å². The highest BCUT2D eigenvalue weighted by Gasteiger charge is 2.15. The summed E-state index contributed by atoms with van der Waals surface area (Å²) in [5.41, 5.74) is 6.86. The van der Waals surface area contributed by atoms with Crippen molar-refractivity contribution in [3.05, 3.63) is 18.0 Å². The number of ether oxygens (including phenoxy) is 1. The van der Waals surface area contributed by atoms with Crippen LogP contribution in [0.1, 0.15) is 37.8 Å². The van der Waals surface area contributed by atoms with Crippen LogP contribution >= 0.6 is 0 Å². The molecular weight excluding hydrogens is 190 g/mol. The number of nitrogens with zero attached hydrogens (tertiary/aromatic N) is 2. The van der Waals surface area contributed by atoms with Crippen LogP contribution in [-0.4, -0.2) is 22.5 Å². The molecule has 0 bridgehead atoms. The maximum atomic E-state index is 5.78. The molecule has 2 N–H and O–H groups in total. The highest BCUT2D eigenvalue weighted by atomic mass is 16.5. The summed E-state index contributed by atoms with van der Waals surface area (Å²) in [6.07, 6.45) is 7.80. The first-order chi connectivity index (χ1) is 7.25. The van der Waals surface area contributed by atoms with Gasteiger partial charge in [-0.25, -0.2) is 0 Å². The quantitative estimate of drug-likeness (QED) is 0.820. The molecule has 15 heavy (non-hydrogen) atoms. The van der Waals surface area contributed by atoms with Crippen molar-refractivity contribution in [1.29, 1.82) is 0 Å². The van der Waals surface area contributed by atoms with Crippen LogP contribution in [0.25, 0.3) is 0 Å². The van der Waals surface area contributed by atoms with Crippen molar-refractivity contribution in [2.45, 2.75) is 44.9 Å². The van der Waals surface area contributed by atoms with E-state index in [2.05, 4.69) is 5.10 Å². The van der Waals surface area contributed by atoms with Gasteiger partial charge in [-0.15, -0.1) is 0 Å². The van der Waals surface area contributed by atoms with Gasteiger partial charge in [-0.1, -0.05) is 0 Å². The average molecular weight is 209 g/mol. The second-order valence-electron chi connectivity index (χ2n) is 4.27.